The highest BCUT2D eigenvalue weighted by atomic mass is 35.5. The smallest absolute Gasteiger partial charge is 0.425 e. The van der Waals surface area contributed by atoms with Crippen LogP contribution in [0.4, 0.5) is 30.8 Å². The Labute approximate surface area is 358 Å². The van der Waals surface area contributed by atoms with Gasteiger partial charge in [-0.05, 0) is 90.0 Å². The number of nitrogens with one attached hydrogen (secondary N) is 1. The zero-order chi connectivity index (χ0) is 45.1. The van der Waals surface area contributed by atoms with E-state index in [1.54, 1.807) is 103 Å². The van der Waals surface area contributed by atoms with Gasteiger partial charge in [-0.3, -0.25) is 5.10 Å². The largest absolute Gasteiger partial charge is 0.443 e. The zero-order valence-electron chi connectivity index (χ0n) is 36.9. The Morgan fingerprint density at radius 3 is 1.38 bits per heavy atom. The van der Waals surface area contributed by atoms with Gasteiger partial charge in [-0.1, -0.05) is 19.0 Å². The summed E-state index contributed by atoms with van der Waals surface area (Å²) in [5.41, 5.74) is -1.51. The number of anilines is 2. The monoisotopic (exact) mass is 866 g/mol. The number of halogens is 1. The molecule has 3 aromatic rings. The number of imide groups is 2. The predicted octanol–water partition coefficient (Wildman–Crippen LogP) is 8.72. The summed E-state index contributed by atoms with van der Waals surface area (Å²) in [5, 5.41) is 6.79. The van der Waals surface area contributed by atoms with E-state index < -0.39 is 53.1 Å². The molecule has 3 rings (SSSR count). The number of carbonyl (C=O) groups is 4. The summed E-state index contributed by atoms with van der Waals surface area (Å²) in [6.07, 6.45) is 1.39. The van der Waals surface area contributed by atoms with Crippen molar-refractivity contribution in [2.24, 2.45) is 0 Å². The van der Waals surface area contributed by atoms with E-state index >= 15 is 0 Å². The highest BCUT2D eigenvalue weighted by Crippen LogP contribution is 2.32. The second kappa shape index (κ2) is 22.0. The van der Waals surface area contributed by atoms with E-state index in [1.807, 2.05) is 6.92 Å². The molecule has 0 aliphatic rings. The average molecular weight is 867 g/mol. The van der Waals surface area contributed by atoms with Gasteiger partial charge in [0.15, 0.2) is 17.9 Å². The Hall–Kier alpha value is -4.98. The Morgan fingerprint density at radius 1 is 0.633 bits per heavy atom. The third-order valence-corrected chi connectivity index (χ3v) is 7.41. The van der Waals surface area contributed by atoms with E-state index in [0.717, 1.165) is 9.80 Å². The fraction of sp³-hybridized carbons (Fsp3) is 0.625. The first-order chi connectivity index (χ1) is 27.1. The zero-order valence-corrected chi connectivity index (χ0v) is 37.6. The summed E-state index contributed by atoms with van der Waals surface area (Å²) in [5.74, 6) is 0.00111. The minimum atomic E-state index is -0.934. The van der Waals surface area contributed by atoms with Gasteiger partial charge in [0.05, 0.1) is 18.0 Å². The molecule has 20 heteroatoms. The van der Waals surface area contributed by atoms with E-state index in [0.29, 0.717) is 22.4 Å². The van der Waals surface area contributed by atoms with Crippen LogP contribution in [-0.2, 0) is 46.0 Å². The first kappa shape index (κ1) is 53.0. The number of rotatable bonds is 10. The average Bonchev–Trinajstić information content (AvgIpc) is 3.61. The molecule has 0 bridgehead atoms. The number of ether oxygens (including phenoxy) is 7. The maximum absolute atomic E-state index is 13.1. The van der Waals surface area contributed by atoms with E-state index in [1.165, 1.54) is 26.9 Å². The molecule has 60 heavy (non-hydrogen) atoms. The van der Waals surface area contributed by atoms with Crippen LogP contribution in [-0.4, -0.2) is 111 Å². The maximum atomic E-state index is 13.1. The van der Waals surface area contributed by atoms with E-state index in [9.17, 15) is 19.2 Å². The summed E-state index contributed by atoms with van der Waals surface area (Å²) in [6, 6.07) is 0. The number of aromatic amines is 1. The number of hydrogen-bond acceptors (Lipinski definition) is 16. The SMILES string of the molecule is C.COC(C)Cc1c(Cl)ncnc1N(C(=O)OC(C)(C)C)C(=O)OC(C)(C)C.COC(Cc1c(-c2cn[nH]c2)ncnc1N(C(=O)OC(C)(C)C)C(=O)OC(C)(C)C)OC. The van der Waals surface area contributed by atoms with Crippen LogP contribution in [0.3, 0.4) is 0 Å². The second-order valence-electron chi connectivity index (χ2n) is 16.9. The molecule has 0 spiro atoms. The molecule has 3 aromatic heterocycles. The van der Waals surface area contributed by atoms with Crippen molar-refractivity contribution in [3.8, 4) is 11.3 Å². The number of aromatic nitrogens is 6. The van der Waals surface area contributed by atoms with Gasteiger partial charge in [-0.15, -0.1) is 0 Å². The highest BCUT2D eigenvalue weighted by Gasteiger charge is 2.38. The summed E-state index contributed by atoms with van der Waals surface area (Å²) >= 11 is 6.21. The molecule has 19 nitrogen and oxygen atoms in total. The molecule has 0 saturated carbocycles. The van der Waals surface area contributed by atoms with E-state index in [2.05, 4.69) is 30.1 Å². The Morgan fingerprint density at radius 2 is 1.03 bits per heavy atom. The molecule has 1 N–H and O–H groups in total. The first-order valence-electron chi connectivity index (χ1n) is 18.5. The van der Waals surface area contributed by atoms with Crippen LogP contribution in [0.5, 0.6) is 0 Å². The molecule has 1 atom stereocenters. The predicted molar refractivity (Wildman–Crippen MR) is 225 cm³/mol. The molecule has 0 aromatic carbocycles. The van der Waals surface area contributed by atoms with Crippen LogP contribution in [0.15, 0.2) is 25.0 Å². The molecule has 0 aliphatic heterocycles. The number of amides is 4. The summed E-state index contributed by atoms with van der Waals surface area (Å²) < 4.78 is 37.6. The second-order valence-corrected chi connectivity index (χ2v) is 17.3. The standard InChI is InChI=1S/C21H31N5O6.C18H28ClN3O5.CH4/c1-20(2,3)31-18(27)26(19(28)32-21(4,5)6)17-14(9-15(29-7)30-8)16(22-12-23-17)13-10-24-25-11-13;1-11(25-8)9-12-13(19)20-10-21-14(12)22(15(23)26-17(2,3)4)16(24)27-18(5,6)7;/h10-12,15H,9H2,1-8H3,(H,24,25);10-11H,9H2,1-8H3;1H4. The first-order valence-corrected chi connectivity index (χ1v) is 18.9. The van der Waals surface area contributed by atoms with Gasteiger partial charge < -0.3 is 33.2 Å². The third kappa shape index (κ3) is 16.9. The molecular formula is C40H63ClN8O11. The van der Waals surface area contributed by atoms with E-state index in [-0.39, 0.29) is 43.2 Å². The van der Waals surface area contributed by atoms with Crippen molar-refractivity contribution in [3.05, 3.63) is 41.3 Å². The lowest BCUT2D eigenvalue weighted by atomic mass is 10.1. The van der Waals surface area contributed by atoms with Crippen LogP contribution in [0, 0.1) is 0 Å². The van der Waals surface area contributed by atoms with Crippen molar-refractivity contribution < 1.29 is 52.3 Å². The minimum absolute atomic E-state index is 0. The fourth-order valence-corrected chi connectivity index (χ4v) is 4.89. The lowest BCUT2D eigenvalue weighted by Gasteiger charge is -2.29. The van der Waals surface area contributed by atoms with Gasteiger partial charge in [0.25, 0.3) is 0 Å². The fourth-order valence-electron chi connectivity index (χ4n) is 4.69. The third-order valence-electron chi connectivity index (χ3n) is 7.08. The Balaban J connectivity index is 0.000000599. The molecular weight excluding hydrogens is 804 g/mol. The molecule has 4 amide bonds. The topological polar surface area (TPSA) is 220 Å². The lowest BCUT2D eigenvalue weighted by Crippen LogP contribution is -2.45. The van der Waals surface area contributed by atoms with Crippen LogP contribution >= 0.6 is 11.6 Å². The van der Waals surface area contributed by atoms with Gasteiger partial charge in [-0.25, -0.2) is 39.1 Å². The van der Waals surface area contributed by atoms with Gasteiger partial charge in [-0.2, -0.15) is 14.9 Å². The van der Waals surface area contributed by atoms with Crippen molar-refractivity contribution in [1.82, 2.24) is 30.1 Å². The van der Waals surface area contributed by atoms with Crippen LogP contribution in [0.25, 0.3) is 11.3 Å². The maximum Gasteiger partial charge on any atom is 0.425 e. The van der Waals surface area contributed by atoms with Crippen molar-refractivity contribution >= 4 is 47.6 Å². The highest BCUT2D eigenvalue weighted by molar-refractivity contribution is 6.30. The molecule has 0 radical (unpaired) electrons. The number of nitrogens with zero attached hydrogens (tertiary/aromatic N) is 7. The summed E-state index contributed by atoms with van der Waals surface area (Å²) in [7, 11) is 4.50. The Bertz CT molecular complexity index is 1810. The normalized spacial score (nSPS) is 12.3. The van der Waals surface area contributed by atoms with Gasteiger partial charge in [0, 0.05) is 57.1 Å². The molecule has 3 heterocycles. The van der Waals surface area contributed by atoms with Gasteiger partial charge >= 0.3 is 24.4 Å². The van der Waals surface area contributed by atoms with Gasteiger partial charge in [0.1, 0.15) is 40.2 Å². The Kier molecular flexibility index (Phi) is 19.5. The van der Waals surface area contributed by atoms with E-state index in [4.69, 9.17) is 44.8 Å². The lowest BCUT2D eigenvalue weighted by molar-refractivity contribution is -0.100. The minimum Gasteiger partial charge on any atom is -0.443 e. The number of carbonyl (C=O) groups excluding carboxylic acids is 4. The molecule has 0 aliphatic carbocycles. The number of H-pyrrole nitrogens is 1. The van der Waals surface area contributed by atoms with Crippen molar-refractivity contribution in [2.45, 2.75) is 145 Å². The number of methoxy groups -OCH3 is 3. The van der Waals surface area contributed by atoms with Crippen molar-refractivity contribution in [3.63, 3.8) is 0 Å². The van der Waals surface area contributed by atoms with Crippen molar-refractivity contribution in [2.75, 3.05) is 31.1 Å². The summed E-state index contributed by atoms with van der Waals surface area (Å²) in [6.45, 7) is 22.2. The van der Waals surface area contributed by atoms with Crippen LogP contribution < -0.4 is 9.80 Å². The molecule has 0 saturated heterocycles. The quantitative estimate of drug-likeness (QED) is 0.114. The van der Waals surface area contributed by atoms with Gasteiger partial charge in [0.2, 0.25) is 0 Å². The molecule has 0 fully saturated rings. The summed E-state index contributed by atoms with van der Waals surface area (Å²) in [4.78, 5) is 69.9. The van der Waals surface area contributed by atoms with Crippen LogP contribution in [0.2, 0.25) is 5.15 Å². The number of hydrogen-bond donors (Lipinski definition) is 1. The van der Waals surface area contributed by atoms with Crippen LogP contribution in [0.1, 0.15) is 109 Å². The molecule has 336 valence electrons. The van der Waals surface area contributed by atoms with Crippen molar-refractivity contribution in [1.29, 1.82) is 0 Å². The molecule has 1 unspecified atom stereocenters.